The zero-order valence-corrected chi connectivity index (χ0v) is 12.1. The standard InChI is InChI=1S/C16H22N2S/c17-9-10-1-2-18-15(8-10)19-16-13-4-11-3-12(6-13)7-14(16)5-11/h1-2,8,11-14,16H,3-7,9,17H2. The fourth-order valence-corrected chi connectivity index (χ4v) is 6.30. The molecule has 0 saturated heterocycles. The van der Waals surface area contributed by atoms with Crippen molar-refractivity contribution in [2.45, 2.75) is 48.9 Å². The average Bonchev–Trinajstić information content (AvgIpc) is 2.42. The van der Waals surface area contributed by atoms with Crippen molar-refractivity contribution < 1.29 is 0 Å². The van der Waals surface area contributed by atoms with Crippen molar-refractivity contribution in [1.82, 2.24) is 4.98 Å². The summed E-state index contributed by atoms with van der Waals surface area (Å²) in [5.41, 5.74) is 6.94. The van der Waals surface area contributed by atoms with E-state index in [1.807, 2.05) is 24.0 Å². The quantitative estimate of drug-likeness (QED) is 0.917. The van der Waals surface area contributed by atoms with E-state index < -0.39 is 0 Å². The van der Waals surface area contributed by atoms with Crippen molar-refractivity contribution in [2.75, 3.05) is 0 Å². The molecule has 1 heterocycles. The van der Waals surface area contributed by atoms with Crippen LogP contribution in [0.3, 0.4) is 0 Å². The predicted octanol–water partition coefficient (Wildman–Crippen LogP) is 3.46. The minimum Gasteiger partial charge on any atom is -0.326 e. The molecular formula is C16H22N2S. The molecule has 1 aromatic heterocycles. The summed E-state index contributed by atoms with van der Waals surface area (Å²) in [6, 6.07) is 4.22. The van der Waals surface area contributed by atoms with Crippen LogP contribution in [0, 0.1) is 23.7 Å². The summed E-state index contributed by atoms with van der Waals surface area (Å²) < 4.78 is 0. The summed E-state index contributed by atoms with van der Waals surface area (Å²) in [7, 11) is 0. The van der Waals surface area contributed by atoms with Gasteiger partial charge < -0.3 is 5.73 Å². The lowest BCUT2D eigenvalue weighted by Gasteiger charge is -2.54. The van der Waals surface area contributed by atoms with E-state index in [-0.39, 0.29) is 0 Å². The number of aromatic nitrogens is 1. The van der Waals surface area contributed by atoms with Crippen molar-refractivity contribution in [1.29, 1.82) is 0 Å². The van der Waals surface area contributed by atoms with Crippen molar-refractivity contribution in [2.24, 2.45) is 29.4 Å². The lowest BCUT2D eigenvalue weighted by molar-refractivity contribution is 0.0267. The van der Waals surface area contributed by atoms with Crippen molar-refractivity contribution in [3.8, 4) is 0 Å². The largest absolute Gasteiger partial charge is 0.326 e. The van der Waals surface area contributed by atoms with E-state index in [9.17, 15) is 0 Å². The summed E-state index contributed by atoms with van der Waals surface area (Å²) in [5, 5.41) is 2.02. The van der Waals surface area contributed by atoms with Crippen LogP contribution in [0.5, 0.6) is 0 Å². The third-order valence-electron chi connectivity index (χ3n) is 5.43. The molecule has 1 aromatic rings. The van der Waals surface area contributed by atoms with Crippen LogP contribution >= 0.6 is 11.8 Å². The Bertz CT molecular complexity index is 446. The molecule has 2 N–H and O–H groups in total. The summed E-state index contributed by atoms with van der Waals surface area (Å²) in [6.07, 6.45) is 9.40. The predicted molar refractivity (Wildman–Crippen MR) is 78.8 cm³/mol. The van der Waals surface area contributed by atoms with Crippen LogP contribution in [0.2, 0.25) is 0 Å². The van der Waals surface area contributed by atoms with Gasteiger partial charge in [0.2, 0.25) is 0 Å². The molecular weight excluding hydrogens is 252 g/mol. The van der Waals surface area contributed by atoms with Crippen LogP contribution in [0.15, 0.2) is 23.4 Å². The molecule has 4 aliphatic carbocycles. The van der Waals surface area contributed by atoms with Gasteiger partial charge in [0.1, 0.15) is 0 Å². The van der Waals surface area contributed by atoms with E-state index in [1.54, 1.807) is 0 Å². The monoisotopic (exact) mass is 274 g/mol. The maximum atomic E-state index is 5.73. The highest BCUT2D eigenvalue weighted by Gasteiger charge is 2.48. The molecule has 5 rings (SSSR count). The summed E-state index contributed by atoms with van der Waals surface area (Å²) in [4.78, 5) is 4.55. The van der Waals surface area contributed by atoms with Gasteiger partial charge in [0.05, 0.1) is 5.03 Å². The molecule has 0 aliphatic heterocycles. The molecule has 4 saturated carbocycles. The van der Waals surface area contributed by atoms with Gasteiger partial charge in [-0.2, -0.15) is 0 Å². The molecule has 0 spiro atoms. The minimum absolute atomic E-state index is 0.623. The lowest BCUT2D eigenvalue weighted by Crippen LogP contribution is -2.46. The van der Waals surface area contributed by atoms with Crippen LogP contribution < -0.4 is 5.73 Å². The number of rotatable bonds is 3. The van der Waals surface area contributed by atoms with Crippen molar-refractivity contribution >= 4 is 11.8 Å². The first-order valence-corrected chi connectivity index (χ1v) is 8.51. The molecule has 3 heteroatoms. The van der Waals surface area contributed by atoms with E-state index >= 15 is 0 Å². The van der Waals surface area contributed by atoms with Gasteiger partial charge in [-0.25, -0.2) is 4.98 Å². The summed E-state index contributed by atoms with van der Waals surface area (Å²) in [5.74, 6) is 4.04. The van der Waals surface area contributed by atoms with Gasteiger partial charge in [0, 0.05) is 18.0 Å². The summed E-state index contributed by atoms with van der Waals surface area (Å²) in [6.45, 7) is 0.623. The summed E-state index contributed by atoms with van der Waals surface area (Å²) >= 11 is 2.04. The second-order valence-corrected chi connectivity index (χ2v) is 7.92. The van der Waals surface area contributed by atoms with Crippen LogP contribution in [0.4, 0.5) is 0 Å². The number of nitrogens with zero attached hydrogens (tertiary/aromatic N) is 1. The zero-order chi connectivity index (χ0) is 12.8. The van der Waals surface area contributed by atoms with Crippen molar-refractivity contribution in [3.63, 3.8) is 0 Å². The smallest absolute Gasteiger partial charge is 0.0965 e. The molecule has 19 heavy (non-hydrogen) atoms. The molecule has 4 fully saturated rings. The molecule has 2 nitrogen and oxygen atoms in total. The second-order valence-electron chi connectivity index (χ2n) is 6.72. The Morgan fingerprint density at radius 2 is 1.79 bits per heavy atom. The highest BCUT2D eigenvalue weighted by molar-refractivity contribution is 7.99. The molecule has 0 amide bonds. The first-order valence-electron chi connectivity index (χ1n) is 7.63. The van der Waals surface area contributed by atoms with Gasteiger partial charge in [-0.15, -0.1) is 11.8 Å². The highest BCUT2D eigenvalue weighted by Crippen LogP contribution is 2.57. The topological polar surface area (TPSA) is 38.9 Å². The third kappa shape index (κ3) is 2.21. The molecule has 102 valence electrons. The zero-order valence-electron chi connectivity index (χ0n) is 11.3. The Hall–Kier alpha value is -0.540. The van der Waals surface area contributed by atoms with Crippen LogP contribution in [-0.2, 0) is 6.54 Å². The maximum absolute atomic E-state index is 5.73. The SMILES string of the molecule is NCc1ccnc(SC2C3CC4CC(C3)CC2C4)c1. The first-order chi connectivity index (χ1) is 9.31. The molecule has 4 aliphatic rings. The number of thioether (sulfide) groups is 1. The Balaban J connectivity index is 1.53. The van der Waals surface area contributed by atoms with E-state index in [2.05, 4.69) is 11.1 Å². The van der Waals surface area contributed by atoms with Crippen LogP contribution in [0.1, 0.15) is 37.7 Å². The van der Waals surface area contributed by atoms with E-state index in [0.29, 0.717) is 6.54 Å². The maximum Gasteiger partial charge on any atom is 0.0965 e. The van der Waals surface area contributed by atoms with E-state index in [1.165, 1.54) is 42.7 Å². The third-order valence-corrected chi connectivity index (χ3v) is 6.94. The van der Waals surface area contributed by atoms with Gasteiger partial charge in [-0.05, 0) is 73.5 Å². The van der Waals surface area contributed by atoms with Gasteiger partial charge in [-0.3, -0.25) is 0 Å². The Morgan fingerprint density at radius 3 is 2.42 bits per heavy atom. The normalized spacial score (nSPS) is 39.7. The molecule has 0 atom stereocenters. The molecule has 0 radical (unpaired) electrons. The molecule has 4 bridgehead atoms. The fourth-order valence-electron chi connectivity index (χ4n) is 4.85. The number of nitrogens with two attached hydrogens (primary N) is 1. The Morgan fingerprint density at radius 1 is 1.11 bits per heavy atom. The van der Waals surface area contributed by atoms with Crippen LogP contribution in [0.25, 0.3) is 0 Å². The second kappa shape index (κ2) is 4.78. The Kier molecular flexibility index (Phi) is 3.07. The average molecular weight is 274 g/mol. The van der Waals surface area contributed by atoms with E-state index in [0.717, 1.165) is 28.9 Å². The van der Waals surface area contributed by atoms with Gasteiger partial charge in [0.25, 0.3) is 0 Å². The lowest BCUT2D eigenvalue weighted by atomic mass is 9.56. The Labute approximate surface area is 119 Å². The van der Waals surface area contributed by atoms with Crippen molar-refractivity contribution in [3.05, 3.63) is 23.9 Å². The van der Waals surface area contributed by atoms with Crippen LogP contribution in [-0.4, -0.2) is 10.2 Å². The number of pyridine rings is 1. The fraction of sp³-hybridized carbons (Fsp3) is 0.688. The highest BCUT2D eigenvalue weighted by atomic mass is 32.2. The van der Waals surface area contributed by atoms with Gasteiger partial charge >= 0.3 is 0 Å². The van der Waals surface area contributed by atoms with E-state index in [4.69, 9.17) is 5.73 Å². The van der Waals surface area contributed by atoms with Gasteiger partial charge in [-0.1, -0.05) is 0 Å². The van der Waals surface area contributed by atoms with Gasteiger partial charge in [0.15, 0.2) is 0 Å². The molecule has 0 unspecified atom stereocenters. The molecule has 0 aromatic carbocycles. The number of hydrogen-bond donors (Lipinski definition) is 1. The minimum atomic E-state index is 0.623. The number of hydrogen-bond acceptors (Lipinski definition) is 3. The first kappa shape index (κ1) is 12.2.